The summed E-state index contributed by atoms with van der Waals surface area (Å²) in [4.78, 5) is 21.3. The highest BCUT2D eigenvalue weighted by Crippen LogP contribution is 2.29. The molecule has 0 unspecified atom stereocenters. The first-order valence-electron chi connectivity index (χ1n) is 5.18. The van der Waals surface area contributed by atoms with Gasteiger partial charge >= 0.3 is 12.1 Å². The lowest BCUT2D eigenvalue weighted by Gasteiger charge is -2.07. The lowest BCUT2D eigenvalue weighted by Crippen LogP contribution is -2.08. The number of carbonyl (C=O) groups is 2. The fourth-order valence-electron chi connectivity index (χ4n) is 1.40. The minimum absolute atomic E-state index is 0.0116. The maximum atomic E-state index is 12.3. The number of hydrogen-bond donors (Lipinski definition) is 1. The maximum Gasteiger partial charge on any atom is 0.416 e. The van der Waals surface area contributed by atoms with Crippen molar-refractivity contribution in [3.05, 3.63) is 35.4 Å². The van der Waals surface area contributed by atoms with E-state index in [-0.39, 0.29) is 12.8 Å². The summed E-state index contributed by atoms with van der Waals surface area (Å²) in [5, 5.41) is 8.36. The summed E-state index contributed by atoms with van der Waals surface area (Å²) in [6.07, 6.45) is -4.68. The van der Waals surface area contributed by atoms with E-state index in [0.29, 0.717) is 5.56 Å². The number of aliphatic carboxylic acids is 1. The molecule has 0 saturated carbocycles. The van der Waals surface area contributed by atoms with Crippen molar-refractivity contribution in [2.75, 3.05) is 0 Å². The average Bonchev–Trinajstić information content (AvgIpc) is 2.25. The van der Waals surface area contributed by atoms with Crippen molar-refractivity contribution >= 4 is 11.8 Å². The van der Waals surface area contributed by atoms with Crippen LogP contribution in [-0.4, -0.2) is 16.9 Å². The zero-order valence-corrected chi connectivity index (χ0v) is 9.33. The van der Waals surface area contributed by atoms with Gasteiger partial charge in [0.05, 0.1) is 5.56 Å². The smallest absolute Gasteiger partial charge is 0.416 e. The van der Waals surface area contributed by atoms with Gasteiger partial charge in [-0.3, -0.25) is 9.59 Å². The second-order valence-electron chi connectivity index (χ2n) is 3.80. The molecule has 3 nitrogen and oxygen atoms in total. The van der Waals surface area contributed by atoms with E-state index in [1.165, 1.54) is 12.1 Å². The molecule has 1 N–H and O–H groups in total. The number of halogens is 3. The number of benzene rings is 1. The third-order valence-electron chi connectivity index (χ3n) is 2.32. The molecular formula is C12H11F3O3. The molecule has 6 heteroatoms. The van der Waals surface area contributed by atoms with Crippen LogP contribution < -0.4 is 0 Å². The Bertz CT molecular complexity index is 435. The molecule has 0 aromatic heterocycles. The maximum absolute atomic E-state index is 12.3. The molecule has 0 spiro atoms. The summed E-state index contributed by atoms with van der Waals surface area (Å²) in [7, 11) is 0. The third-order valence-corrected chi connectivity index (χ3v) is 2.32. The van der Waals surface area contributed by atoms with Gasteiger partial charge in [0.15, 0.2) is 0 Å². The van der Waals surface area contributed by atoms with E-state index < -0.39 is 29.9 Å². The van der Waals surface area contributed by atoms with Crippen LogP contribution in [0.15, 0.2) is 24.3 Å². The van der Waals surface area contributed by atoms with Crippen molar-refractivity contribution in [1.29, 1.82) is 0 Å². The summed E-state index contributed by atoms with van der Waals surface area (Å²) in [5.74, 6) is -1.64. The molecule has 0 radical (unpaired) electrons. The van der Waals surface area contributed by atoms with Crippen LogP contribution in [0.5, 0.6) is 0 Å². The SMILES string of the molecule is O=C(O)CC(=O)CCc1ccc(C(F)(F)F)cc1. The molecular weight excluding hydrogens is 249 g/mol. The summed E-state index contributed by atoms with van der Waals surface area (Å²) < 4.78 is 36.8. The molecule has 0 atom stereocenters. The van der Waals surface area contributed by atoms with Gasteiger partial charge in [-0.2, -0.15) is 13.2 Å². The van der Waals surface area contributed by atoms with Crippen LogP contribution >= 0.6 is 0 Å². The first-order valence-corrected chi connectivity index (χ1v) is 5.18. The fourth-order valence-corrected chi connectivity index (χ4v) is 1.40. The number of aryl methyl sites for hydroxylation is 1. The zero-order chi connectivity index (χ0) is 13.8. The summed E-state index contributed by atoms with van der Waals surface area (Å²) in [5.41, 5.74) is -0.176. The lowest BCUT2D eigenvalue weighted by atomic mass is 10.0. The molecule has 98 valence electrons. The van der Waals surface area contributed by atoms with E-state index >= 15 is 0 Å². The van der Waals surface area contributed by atoms with Gasteiger partial charge in [-0.05, 0) is 24.1 Å². The van der Waals surface area contributed by atoms with Crippen LogP contribution in [0.4, 0.5) is 13.2 Å². The Morgan fingerprint density at radius 3 is 2.11 bits per heavy atom. The van der Waals surface area contributed by atoms with Crippen LogP contribution in [-0.2, 0) is 22.2 Å². The molecule has 0 aliphatic carbocycles. The van der Waals surface area contributed by atoms with Gasteiger partial charge in [0.25, 0.3) is 0 Å². The number of carboxylic acids is 1. The largest absolute Gasteiger partial charge is 0.481 e. The van der Waals surface area contributed by atoms with Gasteiger partial charge in [-0.1, -0.05) is 12.1 Å². The fraction of sp³-hybridized carbons (Fsp3) is 0.333. The topological polar surface area (TPSA) is 54.4 Å². The number of Topliss-reactive ketones (excluding diaryl/α,β-unsaturated/α-hetero) is 1. The van der Waals surface area contributed by atoms with Crippen LogP contribution in [0.2, 0.25) is 0 Å². The van der Waals surface area contributed by atoms with Gasteiger partial charge in [0, 0.05) is 6.42 Å². The molecule has 1 aromatic carbocycles. The highest BCUT2D eigenvalue weighted by molar-refractivity contribution is 5.94. The highest BCUT2D eigenvalue weighted by atomic mass is 19.4. The lowest BCUT2D eigenvalue weighted by molar-refractivity contribution is -0.140. The number of alkyl halides is 3. The Kier molecular flexibility index (Phi) is 4.47. The summed E-state index contributed by atoms with van der Waals surface area (Å²) >= 11 is 0. The normalized spacial score (nSPS) is 11.3. The summed E-state index contributed by atoms with van der Waals surface area (Å²) in [6, 6.07) is 4.46. The van der Waals surface area contributed by atoms with Crippen molar-refractivity contribution in [3.63, 3.8) is 0 Å². The molecule has 0 bridgehead atoms. The quantitative estimate of drug-likeness (QED) is 0.828. The monoisotopic (exact) mass is 260 g/mol. The molecule has 0 fully saturated rings. The summed E-state index contributed by atoms with van der Waals surface area (Å²) in [6.45, 7) is 0. The van der Waals surface area contributed by atoms with Crippen molar-refractivity contribution < 1.29 is 27.9 Å². The first-order chi connectivity index (χ1) is 8.29. The molecule has 0 heterocycles. The van der Waals surface area contributed by atoms with Crippen LogP contribution in [0, 0.1) is 0 Å². The number of carbonyl (C=O) groups excluding carboxylic acids is 1. The second-order valence-corrected chi connectivity index (χ2v) is 3.80. The van der Waals surface area contributed by atoms with Gasteiger partial charge in [0.1, 0.15) is 12.2 Å². The van der Waals surface area contributed by atoms with Gasteiger partial charge < -0.3 is 5.11 Å². The van der Waals surface area contributed by atoms with Crippen LogP contribution in [0.25, 0.3) is 0 Å². The number of carboxylic acid groups (broad SMARTS) is 1. The Hall–Kier alpha value is -1.85. The van der Waals surface area contributed by atoms with E-state index in [0.717, 1.165) is 12.1 Å². The third kappa shape index (κ3) is 4.57. The Labute approximate surface area is 101 Å². The molecule has 0 aliphatic rings. The zero-order valence-electron chi connectivity index (χ0n) is 9.33. The minimum atomic E-state index is -4.38. The molecule has 18 heavy (non-hydrogen) atoms. The van der Waals surface area contributed by atoms with Crippen molar-refractivity contribution in [2.24, 2.45) is 0 Å². The van der Waals surface area contributed by atoms with Gasteiger partial charge in [-0.25, -0.2) is 0 Å². The van der Waals surface area contributed by atoms with E-state index in [2.05, 4.69) is 0 Å². The van der Waals surface area contributed by atoms with E-state index in [4.69, 9.17) is 5.11 Å². The van der Waals surface area contributed by atoms with Crippen molar-refractivity contribution in [1.82, 2.24) is 0 Å². The van der Waals surface area contributed by atoms with Crippen molar-refractivity contribution in [2.45, 2.75) is 25.4 Å². The number of ketones is 1. The Morgan fingerprint density at radius 2 is 1.67 bits per heavy atom. The molecule has 0 saturated heterocycles. The average molecular weight is 260 g/mol. The number of rotatable bonds is 5. The predicted molar refractivity (Wildman–Crippen MR) is 57.0 cm³/mol. The van der Waals surface area contributed by atoms with Gasteiger partial charge in [-0.15, -0.1) is 0 Å². The van der Waals surface area contributed by atoms with E-state index in [1.807, 2.05) is 0 Å². The molecule has 1 rings (SSSR count). The molecule has 0 amide bonds. The van der Waals surface area contributed by atoms with Crippen LogP contribution in [0.1, 0.15) is 24.0 Å². The van der Waals surface area contributed by atoms with Crippen LogP contribution in [0.3, 0.4) is 0 Å². The molecule has 1 aromatic rings. The number of hydrogen-bond acceptors (Lipinski definition) is 2. The van der Waals surface area contributed by atoms with E-state index in [9.17, 15) is 22.8 Å². The predicted octanol–water partition coefficient (Wildman–Crippen LogP) is 2.68. The molecule has 0 aliphatic heterocycles. The minimum Gasteiger partial charge on any atom is -0.481 e. The standard InChI is InChI=1S/C12H11F3O3/c13-12(14,15)9-4-1-8(2-5-9)3-6-10(16)7-11(17)18/h1-2,4-5H,3,6-7H2,(H,17,18). The van der Waals surface area contributed by atoms with Gasteiger partial charge in [0.2, 0.25) is 0 Å². The second kappa shape index (κ2) is 5.66. The first kappa shape index (κ1) is 14.2. The van der Waals surface area contributed by atoms with E-state index in [1.54, 1.807) is 0 Å². The van der Waals surface area contributed by atoms with Crippen molar-refractivity contribution in [3.8, 4) is 0 Å². The Morgan fingerprint density at radius 1 is 1.11 bits per heavy atom. The Balaban J connectivity index is 2.54. The highest BCUT2D eigenvalue weighted by Gasteiger charge is 2.29.